The molecule has 2 aromatic heterocycles. The molecule has 10 heteroatoms. The Bertz CT molecular complexity index is 865. The molecule has 0 radical (unpaired) electrons. The summed E-state index contributed by atoms with van der Waals surface area (Å²) in [5, 5.41) is 12.1. The molecule has 0 aliphatic carbocycles. The van der Waals surface area contributed by atoms with E-state index < -0.39 is 29.8 Å². The van der Waals surface area contributed by atoms with Crippen molar-refractivity contribution in [2.45, 2.75) is 19.5 Å². The van der Waals surface area contributed by atoms with Crippen LogP contribution < -0.4 is 5.56 Å². The van der Waals surface area contributed by atoms with Crippen LogP contribution in [0.1, 0.15) is 28.5 Å². The van der Waals surface area contributed by atoms with Crippen LogP contribution in [0.25, 0.3) is 12.2 Å². The molecule has 0 atom stereocenters. The van der Waals surface area contributed by atoms with Crippen molar-refractivity contribution in [1.82, 2.24) is 19.7 Å². The van der Waals surface area contributed by atoms with Gasteiger partial charge in [-0.25, -0.2) is 4.98 Å². The number of halogens is 3. The zero-order valence-corrected chi connectivity index (χ0v) is 12.7. The number of carboxylic acids is 1. The number of alkyl halides is 3. The number of rotatable bonds is 4. The average molecular weight is 342 g/mol. The van der Waals surface area contributed by atoms with Crippen LogP contribution >= 0.6 is 0 Å². The third-order valence-electron chi connectivity index (χ3n) is 3.19. The molecule has 0 amide bonds. The largest absolute Gasteiger partial charge is 0.481 e. The third-order valence-corrected chi connectivity index (χ3v) is 3.19. The molecule has 2 heterocycles. The molecule has 0 aliphatic heterocycles. The maximum absolute atomic E-state index is 12.6. The molecule has 2 N–H and O–H groups in total. The molecular weight excluding hydrogens is 329 g/mol. The molecule has 2 aromatic rings. The van der Waals surface area contributed by atoms with Crippen molar-refractivity contribution in [3.8, 4) is 0 Å². The first kappa shape index (κ1) is 17.4. The molecular formula is C14H13F3N4O3. The highest BCUT2D eigenvalue weighted by molar-refractivity contribution is 5.70. The van der Waals surface area contributed by atoms with Crippen LogP contribution in [0, 0.1) is 6.92 Å². The van der Waals surface area contributed by atoms with Crippen molar-refractivity contribution < 1.29 is 23.1 Å². The Balaban J connectivity index is 2.32. The smallest absolute Gasteiger partial charge is 0.435 e. The van der Waals surface area contributed by atoms with E-state index in [1.807, 2.05) is 0 Å². The summed E-state index contributed by atoms with van der Waals surface area (Å²) < 4.78 is 38.8. The second kappa shape index (κ2) is 6.30. The van der Waals surface area contributed by atoms with E-state index >= 15 is 0 Å². The lowest BCUT2D eigenvalue weighted by molar-refractivity contribution is -0.141. The zero-order valence-electron chi connectivity index (χ0n) is 12.7. The quantitative estimate of drug-likeness (QED) is 0.879. The number of H-pyrrole nitrogens is 1. The van der Waals surface area contributed by atoms with Crippen molar-refractivity contribution >= 4 is 18.1 Å². The Morgan fingerprint density at radius 3 is 2.58 bits per heavy atom. The summed E-state index contributed by atoms with van der Waals surface area (Å²) in [6.45, 7) is 1.48. The third kappa shape index (κ3) is 3.89. The van der Waals surface area contributed by atoms with Crippen LogP contribution in [0.4, 0.5) is 13.2 Å². The first-order valence-electron chi connectivity index (χ1n) is 6.69. The molecule has 0 spiro atoms. The predicted octanol–water partition coefficient (Wildman–Crippen LogP) is 1.63. The maximum atomic E-state index is 12.6. The van der Waals surface area contributed by atoms with Gasteiger partial charge in [0.1, 0.15) is 5.82 Å². The number of hydrogen-bond acceptors (Lipinski definition) is 4. The molecule has 0 saturated carbocycles. The van der Waals surface area contributed by atoms with Crippen molar-refractivity contribution in [2.24, 2.45) is 7.05 Å². The van der Waals surface area contributed by atoms with Gasteiger partial charge in [-0.15, -0.1) is 0 Å². The highest BCUT2D eigenvalue weighted by atomic mass is 19.4. The number of carbonyl (C=O) groups is 1. The minimum Gasteiger partial charge on any atom is -0.481 e. The minimum absolute atomic E-state index is 0.0274. The van der Waals surface area contributed by atoms with E-state index in [9.17, 15) is 22.8 Å². The standard InChI is InChI=1S/C14H13F3N4O3/c1-7-9(6-12(22)23)13(24)19-11(18-7)4-3-8-5-10(14(15,16)17)20-21(8)2/h3-5H,6H2,1-2H3,(H,22,23)(H,18,19,24)/b4-3+. The monoisotopic (exact) mass is 342 g/mol. The summed E-state index contributed by atoms with van der Waals surface area (Å²) in [4.78, 5) is 29.0. The highest BCUT2D eigenvalue weighted by Gasteiger charge is 2.34. The van der Waals surface area contributed by atoms with E-state index in [1.54, 1.807) is 0 Å². The predicted molar refractivity (Wildman–Crippen MR) is 78.1 cm³/mol. The van der Waals surface area contributed by atoms with Gasteiger partial charge in [0.05, 0.1) is 12.1 Å². The molecule has 2 rings (SSSR count). The lowest BCUT2D eigenvalue weighted by Crippen LogP contribution is -2.20. The lowest BCUT2D eigenvalue weighted by atomic mass is 10.2. The van der Waals surface area contributed by atoms with Gasteiger partial charge >= 0.3 is 12.1 Å². The molecule has 0 unspecified atom stereocenters. The summed E-state index contributed by atoms with van der Waals surface area (Å²) in [5.74, 6) is -1.07. The van der Waals surface area contributed by atoms with E-state index in [4.69, 9.17) is 5.11 Å². The highest BCUT2D eigenvalue weighted by Crippen LogP contribution is 2.28. The first-order chi connectivity index (χ1) is 11.1. The van der Waals surface area contributed by atoms with Crippen LogP contribution in [0.2, 0.25) is 0 Å². The van der Waals surface area contributed by atoms with Gasteiger partial charge in [-0.2, -0.15) is 18.3 Å². The number of nitrogens with zero attached hydrogens (tertiary/aromatic N) is 3. The van der Waals surface area contributed by atoms with Crippen LogP contribution in [0.15, 0.2) is 10.9 Å². The van der Waals surface area contributed by atoms with Crippen molar-refractivity contribution in [1.29, 1.82) is 0 Å². The average Bonchev–Trinajstić information content (AvgIpc) is 2.82. The molecule has 24 heavy (non-hydrogen) atoms. The van der Waals surface area contributed by atoms with Crippen molar-refractivity contribution in [3.63, 3.8) is 0 Å². The number of aromatic amines is 1. The second-order valence-electron chi connectivity index (χ2n) is 4.99. The minimum atomic E-state index is -4.55. The zero-order chi connectivity index (χ0) is 18.1. The normalized spacial score (nSPS) is 12.0. The van der Waals surface area contributed by atoms with E-state index in [1.165, 1.54) is 26.1 Å². The van der Waals surface area contributed by atoms with Crippen LogP contribution in [-0.2, 0) is 24.4 Å². The van der Waals surface area contributed by atoms with E-state index in [0.29, 0.717) is 0 Å². The number of carboxylic acid groups (broad SMARTS) is 1. The first-order valence-corrected chi connectivity index (χ1v) is 6.69. The van der Waals surface area contributed by atoms with Gasteiger partial charge in [0.15, 0.2) is 5.69 Å². The number of aryl methyl sites for hydroxylation is 2. The van der Waals surface area contributed by atoms with Gasteiger partial charge in [-0.3, -0.25) is 14.3 Å². The second-order valence-corrected chi connectivity index (χ2v) is 4.99. The summed E-state index contributed by atoms with van der Waals surface area (Å²) in [6.07, 6.45) is -2.38. The fourth-order valence-corrected chi connectivity index (χ4v) is 2.01. The molecule has 0 aromatic carbocycles. The lowest BCUT2D eigenvalue weighted by Gasteiger charge is -2.02. The molecule has 0 saturated heterocycles. The van der Waals surface area contributed by atoms with E-state index in [0.717, 1.165) is 10.7 Å². The van der Waals surface area contributed by atoms with E-state index in [2.05, 4.69) is 15.1 Å². The molecule has 0 bridgehead atoms. The Hall–Kier alpha value is -2.91. The van der Waals surface area contributed by atoms with Crippen molar-refractivity contribution in [2.75, 3.05) is 0 Å². The number of aromatic nitrogens is 4. The maximum Gasteiger partial charge on any atom is 0.435 e. The van der Waals surface area contributed by atoms with Crippen LogP contribution in [-0.4, -0.2) is 30.8 Å². The van der Waals surface area contributed by atoms with Crippen molar-refractivity contribution in [3.05, 3.63) is 44.9 Å². The van der Waals surface area contributed by atoms with Crippen LogP contribution in [0.3, 0.4) is 0 Å². The number of hydrogen-bond donors (Lipinski definition) is 2. The summed E-state index contributed by atoms with van der Waals surface area (Å²) >= 11 is 0. The number of nitrogens with one attached hydrogen (secondary N) is 1. The fraction of sp³-hybridized carbons (Fsp3) is 0.286. The van der Waals surface area contributed by atoms with Gasteiger partial charge in [-0.1, -0.05) is 0 Å². The Morgan fingerprint density at radius 2 is 2.08 bits per heavy atom. The summed E-state index contributed by atoms with van der Waals surface area (Å²) in [7, 11) is 1.35. The molecule has 0 fully saturated rings. The van der Waals surface area contributed by atoms with Gasteiger partial charge in [0.2, 0.25) is 0 Å². The summed E-state index contributed by atoms with van der Waals surface area (Å²) in [5.41, 5.74) is -1.21. The topological polar surface area (TPSA) is 101 Å². The van der Waals surface area contributed by atoms with Crippen LogP contribution in [0.5, 0.6) is 0 Å². The van der Waals surface area contributed by atoms with Gasteiger partial charge in [0.25, 0.3) is 5.56 Å². The molecule has 7 nitrogen and oxygen atoms in total. The van der Waals surface area contributed by atoms with E-state index in [-0.39, 0.29) is 22.8 Å². The molecule has 128 valence electrons. The Morgan fingerprint density at radius 1 is 1.42 bits per heavy atom. The van der Waals surface area contributed by atoms with Gasteiger partial charge < -0.3 is 10.1 Å². The summed E-state index contributed by atoms with van der Waals surface area (Å²) in [6, 6.07) is 0.861. The SMILES string of the molecule is Cc1nc(/C=C/c2cc(C(F)(F)F)nn2C)[nH]c(=O)c1CC(=O)O. The Labute approximate surface area is 133 Å². The Kier molecular flexibility index (Phi) is 4.58. The van der Waals surface area contributed by atoms with Gasteiger partial charge in [0, 0.05) is 18.3 Å². The molecule has 0 aliphatic rings. The fourth-order valence-electron chi connectivity index (χ4n) is 2.01. The number of aliphatic carboxylic acids is 1. The van der Waals surface area contributed by atoms with Gasteiger partial charge in [-0.05, 0) is 25.1 Å².